The molecule has 3 heteroatoms. The molecule has 3 nitrogen and oxygen atoms in total. The van der Waals surface area contributed by atoms with Crippen LogP contribution in [0.1, 0.15) is 64.0 Å². The largest absolute Gasteiger partial charge is 0.465 e. The Balaban J connectivity index is 1.95. The van der Waals surface area contributed by atoms with E-state index in [4.69, 9.17) is 9.15 Å². The van der Waals surface area contributed by atoms with E-state index in [0.29, 0.717) is 6.04 Å². The lowest BCUT2D eigenvalue weighted by Gasteiger charge is -2.41. The highest BCUT2D eigenvalue weighted by molar-refractivity contribution is 5.09. The van der Waals surface area contributed by atoms with Crippen molar-refractivity contribution in [3.63, 3.8) is 0 Å². The zero-order chi connectivity index (χ0) is 13.9. The van der Waals surface area contributed by atoms with Crippen molar-refractivity contribution in [2.45, 2.75) is 71.1 Å². The molecule has 0 aliphatic carbocycles. The van der Waals surface area contributed by atoms with Crippen molar-refractivity contribution in [3.8, 4) is 0 Å². The number of rotatable bonds is 5. The first-order chi connectivity index (χ1) is 9.08. The van der Waals surface area contributed by atoms with Crippen LogP contribution in [-0.4, -0.2) is 18.2 Å². The van der Waals surface area contributed by atoms with Crippen LogP contribution in [-0.2, 0) is 4.74 Å². The van der Waals surface area contributed by atoms with Crippen LogP contribution in [0.15, 0.2) is 16.5 Å². The third kappa shape index (κ3) is 3.40. The van der Waals surface area contributed by atoms with Crippen molar-refractivity contribution in [1.82, 2.24) is 5.32 Å². The fraction of sp³-hybridized carbons (Fsp3) is 0.750. The molecule has 2 atom stereocenters. The molecule has 0 aromatic carbocycles. The van der Waals surface area contributed by atoms with Crippen LogP contribution in [0.25, 0.3) is 0 Å². The maximum absolute atomic E-state index is 6.02. The van der Waals surface area contributed by atoms with Crippen molar-refractivity contribution in [2.24, 2.45) is 0 Å². The molecular formula is C16H27NO2. The maximum Gasteiger partial charge on any atom is 0.120 e. The molecule has 0 spiro atoms. The van der Waals surface area contributed by atoms with E-state index in [1.165, 1.54) is 0 Å². The first-order valence-electron chi connectivity index (χ1n) is 7.55. The van der Waals surface area contributed by atoms with Gasteiger partial charge in [-0.25, -0.2) is 0 Å². The summed E-state index contributed by atoms with van der Waals surface area (Å²) >= 11 is 0. The molecule has 1 aliphatic heterocycles. The van der Waals surface area contributed by atoms with Gasteiger partial charge in [0.1, 0.15) is 11.5 Å². The minimum atomic E-state index is 0.0781. The molecule has 108 valence electrons. The maximum atomic E-state index is 6.02. The Kier molecular flexibility index (Phi) is 4.69. The molecule has 2 rings (SSSR count). The molecule has 0 amide bonds. The number of ether oxygens (including phenoxy) is 1. The second-order valence-electron chi connectivity index (χ2n) is 5.77. The lowest BCUT2D eigenvalue weighted by Crippen LogP contribution is -2.47. The van der Waals surface area contributed by atoms with Crippen molar-refractivity contribution >= 4 is 0 Å². The van der Waals surface area contributed by atoms with Crippen molar-refractivity contribution in [1.29, 1.82) is 0 Å². The minimum Gasteiger partial charge on any atom is -0.465 e. The van der Waals surface area contributed by atoms with Crippen molar-refractivity contribution in [2.75, 3.05) is 6.61 Å². The normalized spacial score (nSPS) is 24.3. The number of nitrogens with one attached hydrogen (secondary N) is 1. The first kappa shape index (κ1) is 14.6. The van der Waals surface area contributed by atoms with Crippen molar-refractivity contribution in [3.05, 3.63) is 23.7 Å². The van der Waals surface area contributed by atoms with Gasteiger partial charge in [-0.2, -0.15) is 0 Å². The molecule has 1 saturated heterocycles. The second-order valence-corrected chi connectivity index (χ2v) is 5.77. The van der Waals surface area contributed by atoms with Gasteiger partial charge in [-0.3, -0.25) is 0 Å². The molecule has 1 aromatic heterocycles. The highest BCUT2D eigenvalue weighted by atomic mass is 16.5. The van der Waals surface area contributed by atoms with E-state index in [0.717, 1.165) is 43.8 Å². The van der Waals surface area contributed by atoms with Gasteiger partial charge in [0.05, 0.1) is 11.6 Å². The Morgan fingerprint density at radius 1 is 1.37 bits per heavy atom. The average Bonchev–Trinajstić information content (AvgIpc) is 2.85. The third-order valence-corrected chi connectivity index (χ3v) is 4.46. The first-order valence-corrected chi connectivity index (χ1v) is 7.55. The Labute approximate surface area is 116 Å². The summed E-state index contributed by atoms with van der Waals surface area (Å²) in [5.41, 5.74) is 0.0781. The van der Waals surface area contributed by atoms with Gasteiger partial charge in [0.2, 0.25) is 0 Å². The van der Waals surface area contributed by atoms with E-state index in [-0.39, 0.29) is 11.6 Å². The Morgan fingerprint density at radius 3 is 2.68 bits per heavy atom. The number of aryl methyl sites for hydroxylation is 1. The van der Waals surface area contributed by atoms with Crippen LogP contribution in [0, 0.1) is 6.92 Å². The summed E-state index contributed by atoms with van der Waals surface area (Å²) in [7, 11) is 0. The fourth-order valence-corrected chi connectivity index (χ4v) is 3.03. The topological polar surface area (TPSA) is 34.4 Å². The zero-order valence-corrected chi connectivity index (χ0v) is 12.7. The summed E-state index contributed by atoms with van der Waals surface area (Å²) in [4.78, 5) is 0. The highest BCUT2D eigenvalue weighted by Gasteiger charge is 2.35. The predicted molar refractivity (Wildman–Crippen MR) is 77.3 cm³/mol. The van der Waals surface area contributed by atoms with E-state index < -0.39 is 0 Å². The van der Waals surface area contributed by atoms with Gasteiger partial charge in [0.15, 0.2) is 0 Å². The van der Waals surface area contributed by atoms with Gasteiger partial charge in [-0.1, -0.05) is 13.8 Å². The summed E-state index contributed by atoms with van der Waals surface area (Å²) < 4.78 is 11.7. The van der Waals surface area contributed by atoms with Gasteiger partial charge in [0.25, 0.3) is 0 Å². The SMILES string of the molecule is CCC1(CC)CC(NC(C)c2ccc(C)o2)CCO1. The molecule has 0 saturated carbocycles. The summed E-state index contributed by atoms with van der Waals surface area (Å²) in [5.74, 6) is 2.01. The van der Waals surface area contributed by atoms with Crippen LogP contribution >= 0.6 is 0 Å². The summed E-state index contributed by atoms with van der Waals surface area (Å²) in [5, 5.41) is 3.70. The molecule has 2 heterocycles. The molecule has 19 heavy (non-hydrogen) atoms. The fourth-order valence-electron chi connectivity index (χ4n) is 3.03. The van der Waals surface area contributed by atoms with Gasteiger partial charge < -0.3 is 14.5 Å². The van der Waals surface area contributed by atoms with E-state index in [1.54, 1.807) is 0 Å². The smallest absolute Gasteiger partial charge is 0.120 e. The van der Waals surface area contributed by atoms with Crippen LogP contribution in [0.4, 0.5) is 0 Å². The molecule has 1 aliphatic rings. The van der Waals surface area contributed by atoms with Crippen LogP contribution in [0.3, 0.4) is 0 Å². The Hall–Kier alpha value is -0.800. The number of hydrogen-bond acceptors (Lipinski definition) is 3. The van der Waals surface area contributed by atoms with E-state index in [1.807, 2.05) is 13.0 Å². The zero-order valence-electron chi connectivity index (χ0n) is 12.7. The van der Waals surface area contributed by atoms with Crippen LogP contribution in [0.5, 0.6) is 0 Å². The molecule has 1 N–H and O–H groups in total. The molecule has 0 radical (unpaired) electrons. The predicted octanol–water partition coefficient (Wildman–Crippen LogP) is 3.98. The summed E-state index contributed by atoms with van der Waals surface area (Å²) in [6, 6.07) is 4.89. The van der Waals surface area contributed by atoms with Crippen LogP contribution < -0.4 is 5.32 Å². The summed E-state index contributed by atoms with van der Waals surface area (Å²) in [6.07, 6.45) is 4.38. The standard InChI is InChI=1S/C16H27NO2/c1-5-16(6-2)11-14(9-10-18-16)17-13(4)15-8-7-12(3)19-15/h7-8,13-14,17H,5-6,9-11H2,1-4H3. The van der Waals surface area contributed by atoms with E-state index >= 15 is 0 Å². The lowest BCUT2D eigenvalue weighted by molar-refractivity contribution is -0.0941. The number of furan rings is 1. The molecule has 0 bridgehead atoms. The van der Waals surface area contributed by atoms with Gasteiger partial charge >= 0.3 is 0 Å². The highest BCUT2D eigenvalue weighted by Crippen LogP contribution is 2.32. The molecule has 1 aromatic rings. The molecule has 1 fully saturated rings. The molecule has 2 unspecified atom stereocenters. The Bertz CT molecular complexity index is 395. The van der Waals surface area contributed by atoms with Crippen LogP contribution in [0.2, 0.25) is 0 Å². The molecular weight excluding hydrogens is 238 g/mol. The van der Waals surface area contributed by atoms with Gasteiger partial charge in [-0.05, 0) is 51.7 Å². The van der Waals surface area contributed by atoms with Gasteiger partial charge in [0, 0.05) is 12.6 Å². The lowest BCUT2D eigenvalue weighted by atomic mass is 9.85. The summed E-state index contributed by atoms with van der Waals surface area (Å²) in [6.45, 7) is 9.48. The van der Waals surface area contributed by atoms with E-state index in [2.05, 4.69) is 32.2 Å². The third-order valence-electron chi connectivity index (χ3n) is 4.46. The number of hydrogen-bond donors (Lipinski definition) is 1. The average molecular weight is 265 g/mol. The van der Waals surface area contributed by atoms with Crippen molar-refractivity contribution < 1.29 is 9.15 Å². The minimum absolute atomic E-state index is 0.0781. The van der Waals surface area contributed by atoms with E-state index in [9.17, 15) is 0 Å². The van der Waals surface area contributed by atoms with Gasteiger partial charge in [-0.15, -0.1) is 0 Å². The Morgan fingerprint density at radius 2 is 2.11 bits per heavy atom. The second kappa shape index (κ2) is 6.10. The quantitative estimate of drug-likeness (QED) is 0.874. The monoisotopic (exact) mass is 265 g/mol.